The zero-order valence-corrected chi connectivity index (χ0v) is 11.6. The number of nitrogens with zero attached hydrogens (tertiary/aromatic N) is 2. The van der Waals surface area contributed by atoms with Gasteiger partial charge in [-0.15, -0.1) is 22.7 Å². The van der Waals surface area contributed by atoms with Crippen LogP contribution < -0.4 is 11.3 Å². The Kier molecular flexibility index (Phi) is 4.43. The molecule has 2 aromatic rings. The van der Waals surface area contributed by atoms with Crippen molar-refractivity contribution < 1.29 is 4.79 Å². The summed E-state index contributed by atoms with van der Waals surface area (Å²) in [6, 6.07) is 1.95. The molecule has 0 aliphatic rings. The lowest BCUT2D eigenvalue weighted by molar-refractivity contribution is 0.0956. The van der Waals surface area contributed by atoms with E-state index in [9.17, 15) is 4.79 Å². The van der Waals surface area contributed by atoms with E-state index in [1.54, 1.807) is 11.3 Å². The largest absolute Gasteiger partial charge is 0.296 e. The van der Waals surface area contributed by atoms with Crippen molar-refractivity contribution in [2.75, 3.05) is 7.05 Å². The minimum absolute atomic E-state index is 0.234. The second-order valence-corrected chi connectivity index (χ2v) is 5.54. The maximum atomic E-state index is 11.5. The van der Waals surface area contributed by atoms with Gasteiger partial charge >= 0.3 is 0 Å². The molecule has 7 heteroatoms. The fourth-order valence-electron chi connectivity index (χ4n) is 1.66. The molecule has 0 saturated heterocycles. The number of nitrogens with two attached hydrogens (primary N) is 1. The third-order valence-electron chi connectivity index (χ3n) is 2.44. The zero-order chi connectivity index (χ0) is 13.0. The van der Waals surface area contributed by atoms with Gasteiger partial charge in [0, 0.05) is 18.5 Å². The van der Waals surface area contributed by atoms with Crippen LogP contribution in [0.1, 0.15) is 20.9 Å². The second-order valence-electron chi connectivity index (χ2n) is 3.90. The van der Waals surface area contributed by atoms with Crippen molar-refractivity contribution in [2.45, 2.75) is 13.1 Å². The summed E-state index contributed by atoms with van der Waals surface area (Å²) in [7, 11) is 2.00. The van der Waals surface area contributed by atoms with Crippen LogP contribution in [0, 0.1) is 0 Å². The topological polar surface area (TPSA) is 71.2 Å². The van der Waals surface area contributed by atoms with Gasteiger partial charge in [-0.1, -0.05) is 0 Å². The van der Waals surface area contributed by atoms with Crippen molar-refractivity contribution in [3.63, 3.8) is 0 Å². The van der Waals surface area contributed by atoms with E-state index in [1.165, 1.54) is 11.3 Å². The predicted octanol–water partition coefficient (Wildman–Crippen LogP) is 1.44. The Balaban J connectivity index is 2.01. The maximum Gasteiger partial charge on any atom is 0.275 e. The van der Waals surface area contributed by atoms with Gasteiger partial charge in [0.1, 0.15) is 0 Å². The molecule has 2 aromatic heterocycles. The predicted molar refractivity (Wildman–Crippen MR) is 73.3 cm³/mol. The average Bonchev–Trinajstić information content (AvgIpc) is 2.99. The molecule has 0 unspecified atom stereocenters. The lowest BCUT2D eigenvalue weighted by atomic mass is 10.2. The molecule has 0 aliphatic carbocycles. The van der Waals surface area contributed by atoms with Crippen LogP contribution >= 0.6 is 22.7 Å². The molecule has 0 radical (unpaired) electrons. The molecule has 0 spiro atoms. The molecule has 0 bridgehead atoms. The molecule has 0 fully saturated rings. The number of carbonyl (C=O) groups is 1. The van der Waals surface area contributed by atoms with Gasteiger partial charge in [0.2, 0.25) is 0 Å². The fourth-order valence-corrected chi connectivity index (χ4v) is 3.03. The van der Waals surface area contributed by atoms with Gasteiger partial charge < -0.3 is 0 Å². The van der Waals surface area contributed by atoms with Crippen LogP contribution in [-0.2, 0) is 13.1 Å². The summed E-state index contributed by atoms with van der Waals surface area (Å²) in [5.41, 5.74) is 6.02. The molecule has 3 N–H and O–H groups in total. The van der Waals surface area contributed by atoms with Gasteiger partial charge in [0.05, 0.1) is 16.1 Å². The number of hydrogen-bond acceptors (Lipinski definition) is 6. The van der Waals surface area contributed by atoms with E-state index >= 15 is 0 Å². The summed E-state index contributed by atoms with van der Waals surface area (Å²) in [4.78, 5) is 18.6. The minimum atomic E-state index is -0.234. The van der Waals surface area contributed by atoms with Crippen LogP contribution in [0.5, 0.6) is 0 Å². The highest BCUT2D eigenvalue weighted by Gasteiger charge is 2.13. The van der Waals surface area contributed by atoms with Crippen molar-refractivity contribution >= 4 is 28.6 Å². The Hall–Kier alpha value is -1.28. The molecule has 5 nitrogen and oxygen atoms in total. The molecule has 0 aromatic carbocycles. The smallest absolute Gasteiger partial charge is 0.275 e. The highest BCUT2D eigenvalue weighted by molar-refractivity contribution is 7.12. The summed E-state index contributed by atoms with van der Waals surface area (Å²) in [6.07, 6.45) is 0. The standard InChI is InChI=1S/C11H14N4OS2/c1-15(5-9-6-17-7-13-9)4-8-2-3-18-10(8)11(16)14-12/h2-3,6-7H,4-5,12H2,1H3,(H,14,16). The van der Waals surface area contributed by atoms with Gasteiger partial charge in [-0.3, -0.25) is 15.1 Å². The van der Waals surface area contributed by atoms with Crippen molar-refractivity contribution in [3.8, 4) is 0 Å². The van der Waals surface area contributed by atoms with E-state index in [0.29, 0.717) is 11.4 Å². The van der Waals surface area contributed by atoms with Gasteiger partial charge in [-0.25, -0.2) is 10.8 Å². The van der Waals surface area contributed by atoms with Crippen molar-refractivity contribution in [3.05, 3.63) is 38.5 Å². The van der Waals surface area contributed by atoms with E-state index in [-0.39, 0.29) is 5.91 Å². The van der Waals surface area contributed by atoms with E-state index in [1.807, 2.05) is 29.4 Å². The third-order valence-corrected chi connectivity index (χ3v) is 4.03. The molecule has 18 heavy (non-hydrogen) atoms. The first-order chi connectivity index (χ1) is 8.70. The number of nitrogen functional groups attached to an aromatic ring is 1. The fraction of sp³-hybridized carbons (Fsp3) is 0.273. The van der Waals surface area contributed by atoms with E-state index < -0.39 is 0 Å². The van der Waals surface area contributed by atoms with E-state index in [4.69, 9.17) is 5.84 Å². The summed E-state index contributed by atoms with van der Waals surface area (Å²) >= 11 is 2.98. The van der Waals surface area contributed by atoms with E-state index in [0.717, 1.165) is 17.8 Å². The Labute approximate surface area is 113 Å². The van der Waals surface area contributed by atoms with Crippen molar-refractivity contribution in [1.29, 1.82) is 0 Å². The van der Waals surface area contributed by atoms with Gasteiger partial charge in [-0.05, 0) is 24.1 Å². The average molecular weight is 282 g/mol. The number of rotatable bonds is 5. The molecule has 1 amide bonds. The SMILES string of the molecule is CN(Cc1cscn1)Cc1ccsc1C(=O)NN. The number of hydrazine groups is 1. The number of amides is 1. The van der Waals surface area contributed by atoms with Crippen LogP contribution in [0.15, 0.2) is 22.3 Å². The molecule has 96 valence electrons. The highest BCUT2D eigenvalue weighted by atomic mass is 32.1. The number of carbonyl (C=O) groups excluding carboxylic acids is 1. The Bertz CT molecular complexity index is 509. The van der Waals surface area contributed by atoms with Crippen LogP contribution in [0.2, 0.25) is 0 Å². The zero-order valence-electron chi connectivity index (χ0n) is 9.92. The van der Waals surface area contributed by atoms with Gasteiger partial charge in [0.15, 0.2) is 0 Å². The highest BCUT2D eigenvalue weighted by Crippen LogP contribution is 2.18. The first-order valence-electron chi connectivity index (χ1n) is 5.33. The lowest BCUT2D eigenvalue weighted by Crippen LogP contribution is -2.30. The van der Waals surface area contributed by atoms with E-state index in [2.05, 4.69) is 15.3 Å². The Morgan fingerprint density at radius 3 is 3.06 bits per heavy atom. The maximum absolute atomic E-state index is 11.5. The number of thiazole rings is 1. The normalized spacial score (nSPS) is 10.8. The number of hydrogen-bond donors (Lipinski definition) is 2. The minimum Gasteiger partial charge on any atom is -0.296 e. The molecule has 2 heterocycles. The summed E-state index contributed by atoms with van der Waals surface area (Å²) in [5, 5.41) is 3.92. The molecule has 2 rings (SSSR count). The third kappa shape index (κ3) is 3.14. The molecular weight excluding hydrogens is 268 g/mol. The summed E-state index contributed by atoms with van der Waals surface area (Å²) in [5.74, 6) is 4.92. The van der Waals surface area contributed by atoms with Crippen LogP contribution in [0.3, 0.4) is 0 Å². The Morgan fingerprint density at radius 2 is 2.39 bits per heavy atom. The first-order valence-corrected chi connectivity index (χ1v) is 7.16. The monoisotopic (exact) mass is 282 g/mol. The molecule has 0 aliphatic heterocycles. The number of thiophene rings is 1. The first kappa shape index (κ1) is 13.2. The lowest BCUT2D eigenvalue weighted by Gasteiger charge is -2.15. The second kappa shape index (κ2) is 6.05. The summed E-state index contributed by atoms with van der Waals surface area (Å²) in [6.45, 7) is 1.47. The van der Waals surface area contributed by atoms with Gasteiger partial charge in [0.25, 0.3) is 5.91 Å². The van der Waals surface area contributed by atoms with Gasteiger partial charge in [-0.2, -0.15) is 0 Å². The number of nitrogens with one attached hydrogen (secondary N) is 1. The van der Waals surface area contributed by atoms with Crippen molar-refractivity contribution in [1.82, 2.24) is 15.3 Å². The van der Waals surface area contributed by atoms with Crippen molar-refractivity contribution in [2.24, 2.45) is 5.84 Å². The Morgan fingerprint density at radius 1 is 1.56 bits per heavy atom. The molecule has 0 saturated carbocycles. The van der Waals surface area contributed by atoms with Crippen LogP contribution in [0.4, 0.5) is 0 Å². The van der Waals surface area contributed by atoms with Crippen LogP contribution in [-0.4, -0.2) is 22.8 Å². The number of aromatic nitrogens is 1. The van der Waals surface area contributed by atoms with Crippen LogP contribution in [0.25, 0.3) is 0 Å². The molecule has 0 atom stereocenters. The quantitative estimate of drug-likeness (QED) is 0.494. The molecular formula is C11H14N4OS2. The summed E-state index contributed by atoms with van der Waals surface area (Å²) < 4.78 is 0.